The summed E-state index contributed by atoms with van der Waals surface area (Å²) in [5, 5.41) is 2.41. The summed E-state index contributed by atoms with van der Waals surface area (Å²) in [5.41, 5.74) is 8.10. The number of hydrogen-bond donors (Lipinski definition) is 2. The number of nitrogens with one attached hydrogen (secondary N) is 1. The van der Waals surface area contributed by atoms with Gasteiger partial charge in [-0.15, -0.1) is 11.8 Å². The van der Waals surface area contributed by atoms with Gasteiger partial charge in [-0.2, -0.15) is 0 Å². The molecule has 3 N–H and O–H groups in total. The number of aromatic nitrogens is 1. The molecule has 3 rings (SSSR count). The standard InChI is InChI=1S/C16H19FN4S/c1-9-6-12(17)15-11(14(9)16(18)20-8-19-2)7-13(21-15)22-10-4-3-5-10/h6-8,10,21H,3-5H2,1-2H3,(H2,18,19,20). The number of hydrogen-bond acceptors (Lipinski definition) is 2. The maximum absolute atomic E-state index is 14.2. The first kappa shape index (κ1) is 15.1. The molecule has 6 heteroatoms. The third-order valence-electron chi connectivity index (χ3n) is 3.95. The van der Waals surface area contributed by atoms with E-state index in [1.165, 1.54) is 31.7 Å². The average molecular weight is 318 g/mol. The quantitative estimate of drug-likeness (QED) is 0.668. The molecule has 0 spiro atoms. The van der Waals surface area contributed by atoms with E-state index >= 15 is 0 Å². The van der Waals surface area contributed by atoms with Crippen LogP contribution >= 0.6 is 11.8 Å². The van der Waals surface area contributed by atoms with Crippen LogP contribution < -0.4 is 5.73 Å². The van der Waals surface area contributed by atoms with Crippen molar-refractivity contribution < 1.29 is 4.39 Å². The van der Waals surface area contributed by atoms with E-state index in [-0.39, 0.29) is 5.82 Å². The SMILES string of the molecule is CN=CN=C(N)c1c(C)cc(F)c2[nH]c(SC3CCC3)cc12. The molecule has 116 valence electrons. The minimum Gasteiger partial charge on any atom is -0.383 e. The van der Waals surface area contributed by atoms with Gasteiger partial charge in [0.25, 0.3) is 0 Å². The maximum Gasteiger partial charge on any atom is 0.147 e. The van der Waals surface area contributed by atoms with Crippen molar-refractivity contribution in [2.24, 2.45) is 15.7 Å². The number of fused-ring (bicyclic) bond motifs is 1. The molecule has 1 fully saturated rings. The topological polar surface area (TPSA) is 66.5 Å². The second kappa shape index (κ2) is 6.12. The van der Waals surface area contributed by atoms with E-state index in [0.29, 0.717) is 16.6 Å². The first-order valence-electron chi connectivity index (χ1n) is 7.33. The van der Waals surface area contributed by atoms with Crippen LogP contribution in [0, 0.1) is 12.7 Å². The Bertz CT molecular complexity index is 759. The molecule has 0 radical (unpaired) electrons. The van der Waals surface area contributed by atoms with Crippen molar-refractivity contribution >= 4 is 34.8 Å². The van der Waals surface area contributed by atoms with E-state index in [2.05, 4.69) is 15.0 Å². The first-order chi connectivity index (χ1) is 10.6. The Balaban J connectivity index is 2.09. The number of aliphatic imine (C=N–C) groups is 2. The lowest BCUT2D eigenvalue weighted by atomic mass is 10.0. The highest BCUT2D eigenvalue weighted by molar-refractivity contribution is 7.99. The summed E-state index contributed by atoms with van der Waals surface area (Å²) < 4.78 is 14.2. The minimum atomic E-state index is -0.256. The number of aromatic amines is 1. The van der Waals surface area contributed by atoms with E-state index in [9.17, 15) is 4.39 Å². The monoisotopic (exact) mass is 318 g/mol. The van der Waals surface area contributed by atoms with Gasteiger partial charge >= 0.3 is 0 Å². The summed E-state index contributed by atoms with van der Waals surface area (Å²) in [5.74, 6) is 0.0981. The minimum absolute atomic E-state index is 0.256. The van der Waals surface area contributed by atoms with Gasteiger partial charge in [0.15, 0.2) is 0 Å². The van der Waals surface area contributed by atoms with Gasteiger partial charge in [-0.25, -0.2) is 9.38 Å². The Labute approximate surface area is 133 Å². The molecule has 22 heavy (non-hydrogen) atoms. The van der Waals surface area contributed by atoms with Crippen molar-refractivity contribution in [2.45, 2.75) is 36.5 Å². The average Bonchev–Trinajstić information content (AvgIpc) is 2.84. The molecule has 0 bridgehead atoms. The molecule has 4 nitrogen and oxygen atoms in total. The van der Waals surface area contributed by atoms with Gasteiger partial charge in [0.05, 0.1) is 10.5 Å². The zero-order valence-corrected chi connectivity index (χ0v) is 13.5. The Kier molecular flexibility index (Phi) is 4.20. The third kappa shape index (κ3) is 2.75. The zero-order chi connectivity index (χ0) is 15.7. The third-order valence-corrected chi connectivity index (χ3v) is 5.23. The fourth-order valence-corrected chi connectivity index (χ4v) is 3.89. The van der Waals surface area contributed by atoms with Gasteiger partial charge in [0.1, 0.15) is 18.0 Å². The molecule has 0 atom stereocenters. The van der Waals surface area contributed by atoms with Crippen molar-refractivity contribution in [3.63, 3.8) is 0 Å². The van der Waals surface area contributed by atoms with E-state index in [1.54, 1.807) is 18.8 Å². The fourth-order valence-electron chi connectivity index (χ4n) is 2.62. The van der Waals surface area contributed by atoms with Gasteiger partial charge in [0, 0.05) is 23.2 Å². The largest absolute Gasteiger partial charge is 0.383 e. The van der Waals surface area contributed by atoms with E-state index in [4.69, 9.17) is 5.73 Å². The number of rotatable bonds is 4. The molecule has 0 amide bonds. The highest BCUT2D eigenvalue weighted by Gasteiger charge is 2.21. The summed E-state index contributed by atoms with van der Waals surface area (Å²) in [4.78, 5) is 11.1. The Morgan fingerprint density at radius 3 is 2.86 bits per heavy atom. The molecule has 1 aromatic carbocycles. The van der Waals surface area contributed by atoms with Crippen LogP contribution in [0.15, 0.2) is 27.1 Å². The van der Waals surface area contributed by atoms with Crippen molar-refractivity contribution in [2.75, 3.05) is 7.05 Å². The van der Waals surface area contributed by atoms with Crippen molar-refractivity contribution in [1.82, 2.24) is 4.98 Å². The smallest absolute Gasteiger partial charge is 0.147 e. The van der Waals surface area contributed by atoms with Crippen LogP contribution in [0.4, 0.5) is 4.39 Å². The number of amidine groups is 1. The molecular formula is C16H19FN4S. The number of aryl methyl sites for hydroxylation is 1. The van der Waals surface area contributed by atoms with Gasteiger partial charge in [-0.05, 0) is 37.5 Å². The number of nitrogens with two attached hydrogens (primary N) is 1. The molecular weight excluding hydrogens is 299 g/mol. The van der Waals surface area contributed by atoms with Crippen molar-refractivity contribution in [3.8, 4) is 0 Å². The summed E-state index contributed by atoms with van der Waals surface area (Å²) in [6.45, 7) is 1.84. The number of nitrogens with zero attached hydrogens (tertiary/aromatic N) is 2. The molecule has 1 aliphatic carbocycles. The van der Waals surface area contributed by atoms with E-state index in [1.807, 2.05) is 13.0 Å². The predicted octanol–water partition coefficient (Wildman–Crippen LogP) is 3.62. The predicted molar refractivity (Wildman–Crippen MR) is 91.6 cm³/mol. The van der Waals surface area contributed by atoms with Crippen LogP contribution in [0.2, 0.25) is 0 Å². The van der Waals surface area contributed by atoms with Crippen molar-refractivity contribution in [3.05, 3.63) is 29.1 Å². The summed E-state index contributed by atoms with van der Waals surface area (Å²) in [6, 6.07) is 3.48. The fraction of sp³-hybridized carbons (Fsp3) is 0.375. The molecule has 1 saturated carbocycles. The molecule has 1 aliphatic rings. The molecule has 0 unspecified atom stereocenters. The van der Waals surface area contributed by atoms with Gasteiger partial charge in [-0.3, -0.25) is 4.99 Å². The first-order valence-corrected chi connectivity index (χ1v) is 8.21. The molecule has 0 aliphatic heterocycles. The highest BCUT2D eigenvalue weighted by Crippen LogP contribution is 2.38. The summed E-state index contributed by atoms with van der Waals surface area (Å²) >= 11 is 1.78. The second-order valence-electron chi connectivity index (χ2n) is 5.53. The molecule has 2 aromatic rings. The molecule has 0 saturated heterocycles. The number of halogens is 1. The van der Waals surface area contributed by atoms with E-state index < -0.39 is 0 Å². The van der Waals surface area contributed by atoms with E-state index in [0.717, 1.165) is 21.5 Å². The number of thioether (sulfide) groups is 1. The van der Waals surface area contributed by atoms with Crippen LogP contribution in [0.1, 0.15) is 30.4 Å². The van der Waals surface area contributed by atoms with Crippen molar-refractivity contribution in [1.29, 1.82) is 0 Å². The summed E-state index contributed by atoms with van der Waals surface area (Å²) in [6.07, 6.45) is 5.14. The lowest BCUT2D eigenvalue weighted by Crippen LogP contribution is -2.15. The van der Waals surface area contributed by atoms with Crippen LogP contribution in [0.3, 0.4) is 0 Å². The van der Waals surface area contributed by atoms with Crippen LogP contribution in [-0.4, -0.2) is 29.5 Å². The molecule has 1 heterocycles. The normalized spacial score (nSPS) is 16.6. The van der Waals surface area contributed by atoms with Crippen LogP contribution in [0.25, 0.3) is 10.9 Å². The lowest BCUT2D eigenvalue weighted by molar-refractivity contribution is 0.522. The Hall–Kier alpha value is -1.82. The highest BCUT2D eigenvalue weighted by atomic mass is 32.2. The van der Waals surface area contributed by atoms with Gasteiger partial charge < -0.3 is 10.7 Å². The summed E-state index contributed by atoms with van der Waals surface area (Å²) in [7, 11) is 1.63. The molecule has 1 aromatic heterocycles. The van der Waals surface area contributed by atoms with Crippen LogP contribution in [0.5, 0.6) is 0 Å². The number of benzene rings is 1. The number of H-pyrrole nitrogens is 1. The van der Waals surface area contributed by atoms with Gasteiger partial charge in [0.2, 0.25) is 0 Å². The Morgan fingerprint density at radius 2 is 2.23 bits per heavy atom. The zero-order valence-electron chi connectivity index (χ0n) is 12.7. The van der Waals surface area contributed by atoms with Crippen LogP contribution in [-0.2, 0) is 0 Å². The Morgan fingerprint density at radius 1 is 1.45 bits per heavy atom. The van der Waals surface area contributed by atoms with Gasteiger partial charge in [-0.1, -0.05) is 6.42 Å². The maximum atomic E-state index is 14.2. The lowest BCUT2D eigenvalue weighted by Gasteiger charge is -2.23. The second-order valence-corrected chi connectivity index (χ2v) is 6.87.